The Kier molecular flexibility index (Phi) is 4.22. The molecule has 5 nitrogen and oxygen atoms in total. The monoisotopic (exact) mass is 317 g/mol. The lowest BCUT2D eigenvalue weighted by Gasteiger charge is -2.27. The van der Waals surface area contributed by atoms with Crippen molar-refractivity contribution in [3.05, 3.63) is 15.8 Å². The number of carboxylic acids is 1. The van der Waals surface area contributed by atoms with Crippen LogP contribution in [0.25, 0.3) is 0 Å². The van der Waals surface area contributed by atoms with Crippen LogP contribution in [0.3, 0.4) is 0 Å². The summed E-state index contributed by atoms with van der Waals surface area (Å²) in [4.78, 5) is 11.1. The Morgan fingerprint density at radius 2 is 2.15 bits per heavy atom. The highest BCUT2D eigenvalue weighted by atomic mass is 32.2. The van der Waals surface area contributed by atoms with Crippen molar-refractivity contribution in [3.63, 3.8) is 0 Å². The summed E-state index contributed by atoms with van der Waals surface area (Å²) in [5.74, 6) is -0.957. The second kappa shape index (κ2) is 5.46. The molecule has 1 fully saturated rings. The summed E-state index contributed by atoms with van der Waals surface area (Å²) < 4.78 is 27.1. The Morgan fingerprint density at radius 1 is 1.50 bits per heavy atom. The number of hydrogen-bond donors (Lipinski definition) is 1. The van der Waals surface area contributed by atoms with Crippen molar-refractivity contribution in [2.75, 3.05) is 6.54 Å². The van der Waals surface area contributed by atoms with Gasteiger partial charge >= 0.3 is 5.97 Å². The fourth-order valence-corrected chi connectivity index (χ4v) is 6.16. The Labute approximate surface area is 123 Å². The van der Waals surface area contributed by atoms with Crippen LogP contribution >= 0.6 is 11.3 Å². The van der Waals surface area contributed by atoms with Gasteiger partial charge in [-0.3, -0.25) is 0 Å². The highest BCUT2D eigenvalue weighted by Crippen LogP contribution is 2.35. The molecule has 0 aromatic carbocycles. The lowest BCUT2D eigenvalue weighted by Crippen LogP contribution is -2.39. The molecule has 112 valence electrons. The Hall–Kier alpha value is -0.920. The number of thiophene rings is 1. The summed E-state index contributed by atoms with van der Waals surface area (Å²) in [6, 6.07) is -0.0408. The van der Waals surface area contributed by atoms with Gasteiger partial charge in [0.25, 0.3) is 0 Å². The van der Waals surface area contributed by atoms with Crippen LogP contribution in [0.1, 0.15) is 41.9 Å². The number of hydrogen-bond acceptors (Lipinski definition) is 4. The molecule has 1 aliphatic rings. The van der Waals surface area contributed by atoms with Crippen LogP contribution in [0.5, 0.6) is 0 Å². The maximum Gasteiger partial charge on any atom is 0.347 e. The molecule has 1 aliphatic heterocycles. The summed E-state index contributed by atoms with van der Waals surface area (Å²) >= 11 is 0.974. The van der Waals surface area contributed by atoms with E-state index in [-0.39, 0.29) is 21.7 Å². The predicted octanol–water partition coefficient (Wildman–Crippen LogP) is 2.56. The molecule has 0 aliphatic carbocycles. The summed E-state index contributed by atoms with van der Waals surface area (Å²) in [6.07, 6.45) is 1.66. The Balaban J connectivity index is 2.51. The zero-order chi connectivity index (χ0) is 15.1. The van der Waals surface area contributed by atoms with E-state index < -0.39 is 16.0 Å². The van der Waals surface area contributed by atoms with Gasteiger partial charge in [0.2, 0.25) is 10.0 Å². The molecule has 1 aromatic rings. The zero-order valence-corrected chi connectivity index (χ0v) is 13.4. The van der Waals surface area contributed by atoms with Gasteiger partial charge in [0.05, 0.1) is 0 Å². The van der Waals surface area contributed by atoms with Crippen LogP contribution < -0.4 is 0 Å². The average Bonchev–Trinajstić information content (AvgIpc) is 2.94. The minimum absolute atomic E-state index is 0.0254. The molecule has 0 amide bonds. The maximum atomic E-state index is 12.8. The molecule has 20 heavy (non-hydrogen) atoms. The third-order valence-corrected chi connectivity index (χ3v) is 7.02. The van der Waals surface area contributed by atoms with Crippen LogP contribution in [-0.4, -0.2) is 36.4 Å². The topological polar surface area (TPSA) is 74.7 Å². The van der Waals surface area contributed by atoms with Gasteiger partial charge in [-0.15, -0.1) is 11.3 Å². The number of rotatable bonds is 4. The van der Waals surface area contributed by atoms with Gasteiger partial charge in [0.15, 0.2) is 0 Å². The molecule has 7 heteroatoms. The van der Waals surface area contributed by atoms with Crippen LogP contribution in [0, 0.1) is 12.8 Å². The van der Waals surface area contributed by atoms with E-state index in [0.717, 1.165) is 24.2 Å². The molecular formula is C13H19NO4S2. The minimum atomic E-state index is -3.73. The van der Waals surface area contributed by atoms with E-state index in [1.807, 2.05) is 13.8 Å². The van der Waals surface area contributed by atoms with Crippen molar-refractivity contribution in [2.24, 2.45) is 5.92 Å². The molecular weight excluding hydrogens is 298 g/mol. The van der Waals surface area contributed by atoms with Gasteiger partial charge < -0.3 is 5.11 Å². The van der Waals surface area contributed by atoms with Crippen molar-refractivity contribution in [2.45, 2.75) is 44.6 Å². The molecule has 1 atom stereocenters. The minimum Gasteiger partial charge on any atom is -0.477 e. The number of sulfonamides is 1. The van der Waals surface area contributed by atoms with Crippen LogP contribution in [0.2, 0.25) is 0 Å². The third-order valence-electron chi connectivity index (χ3n) is 3.70. The van der Waals surface area contributed by atoms with Crippen molar-refractivity contribution in [3.8, 4) is 0 Å². The molecule has 0 spiro atoms. The molecule has 1 saturated heterocycles. The quantitative estimate of drug-likeness (QED) is 0.926. The molecule has 0 saturated carbocycles. The first-order valence-electron chi connectivity index (χ1n) is 6.60. The first-order valence-corrected chi connectivity index (χ1v) is 8.92. The molecule has 0 radical (unpaired) electrons. The van der Waals surface area contributed by atoms with Crippen LogP contribution in [0.4, 0.5) is 0 Å². The smallest absolute Gasteiger partial charge is 0.347 e. The second-order valence-corrected chi connectivity index (χ2v) is 8.16. The fraction of sp³-hybridized carbons (Fsp3) is 0.615. The lowest BCUT2D eigenvalue weighted by atomic mass is 10.0. The number of nitrogens with zero attached hydrogens (tertiary/aromatic N) is 1. The lowest BCUT2D eigenvalue weighted by molar-refractivity contribution is 0.0698. The summed E-state index contributed by atoms with van der Waals surface area (Å²) in [5.41, 5.74) is 0.516. The SMILES string of the molecule is Cc1csc(C(=O)O)c1S(=O)(=O)N1CCCC1C(C)C. The van der Waals surface area contributed by atoms with Crippen molar-refractivity contribution in [1.82, 2.24) is 4.31 Å². The van der Waals surface area contributed by atoms with E-state index >= 15 is 0 Å². The molecule has 1 unspecified atom stereocenters. The van der Waals surface area contributed by atoms with Gasteiger partial charge in [-0.1, -0.05) is 13.8 Å². The van der Waals surface area contributed by atoms with E-state index in [2.05, 4.69) is 0 Å². The molecule has 1 N–H and O–H groups in total. The van der Waals surface area contributed by atoms with Gasteiger partial charge in [0.1, 0.15) is 9.77 Å². The molecule has 1 aromatic heterocycles. The average molecular weight is 317 g/mol. The Bertz CT molecular complexity index is 618. The molecule has 2 rings (SSSR count). The van der Waals surface area contributed by atoms with Crippen molar-refractivity contribution >= 4 is 27.3 Å². The summed E-state index contributed by atoms with van der Waals surface area (Å²) in [7, 11) is -3.73. The van der Waals surface area contributed by atoms with Crippen molar-refractivity contribution < 1.29 is 18.3 Å². The number of aromatic carboxylic acids is 1. The summed E-state index contributed by atoms with van der Waals surface area (Å²) in [5, 5.41) is 10.8. The number of aryl methyl sites for hydroxylation is 1. The standard InChI is InChI=1S/C13H19NO4S2/c1-8(2)10-5-4-6-14(10)20(17,18)12-9(3)7-19-11(12)13(15)16/h7-8,10H,4-6H2,1-3H3,(H,15,16). The zero-order valence-electron chi connectivity index (χ0n) is 11.8. The van der Waals surface area contributed by atoms with Crippen LogP contribution in [-0.2, 0) is 10.0 Å². The number of carbonyl (C=O) groups is 1. The highest BCUT2D eigenvalue weighted by Gasteiger charge is 2.39. The normalized spacial score (nSPS) is 20.7. The van der Waals surface area contributed by atoms with E-state index in [1.165, 1.54) is 4.31 Å². The van der Waals surface area contributed by atoms with Gasteiger partial charge in [-0.25, -0.2) is 13.2 Å². The van der Waals surface area contributed by atoms with E-state index in [1.54, 1.807) is 12.3 Å². The number of carboxylic acid groups (broad SMARTS) is 1. The molecule has 0 bridgehead atoms. The van der Waals surface area contributed by atoms with Gasteiger partial charge in [0, 0.05) is 12.6 Å². The van der Waals surface area contributed by atoms with Gasteiger partial charge in [-0.05, 0) is 36.6 Å². The van der Waals surface area contributed by atoms with E-state index in [0.29, 0.717) is 12.1 Å². The Morgan fingerprint density at radius 3 is 2.70 bits per heavy atom. The van der Waals surface area contributed by atoms with E-state index in [9.17, 15) is 18.3 Å². The maximum absolute atomic E-state index is 12.8. The second-order valence-electron chi connectivity index (χ2n) is 5.45. The third kappa shape index (κ3) is 2.49. The first kappa shape index (κ1) is 15.5. The van der Waals surface area contributed by atoms with Gasteiger partial charge in [-0.2, -0.15) is 4.31 Å². The highest BCUT2D eigenvalue weighted by molar-refractivity contribution is 7.89. The predicted molar refractivity (Wildman–Crippen MR) is 77.8 cm³/mol. The fourth-order valence-electron chi connectivity index (χ4n) is 2.75. The first-order chi connectivity index (χ1) is 9.26. The van der Waals surface area contributed by atoms with Crippen LogP contribution in [0.15, 0.2) is 10.3 Å². The summed E-state index contributed by atoms with van der Waals surface area (Å²) in [6.45, 7) is 6.12. The largest absolute Gasteiger partial charge is 0.477 e. The van der Waals surface area contributed by atoms with Crippen molar-refractivity contribution in [1.29, 1.82) is 0 Å². The van der Waals surface area contributed by atoms with E-state index in [4.69, 9.17) is 0 Å². The molecule has 2 heterocycles.